The molecule has 1 aliphatic rings. The highest BCUT2D eigenvalue weighted by Crippen LogP contribution is 2.20. The molecule has 1 saturated heterocycles. The predicted molar refractivity (Wildman–Crippen MR) is 85.7 cm³/mol. The Morgan fingerprint density at radius 1 is 1.36 bits per heavy atom. The van der Waals surface area contributed by atoms with Crippen molar-refractivity contribution in [3.63, 3.8) is 0 Å². The number of carbonyl (C=O) groups is 2. The van der Waals surface area contributed by atoms with Gasteiger partial charge in [-0.2, -0.15) is 0 Å². The minimum atomic E-state index is -0.189. The number of likely N-dealkylation sites (tertiary alicyclic amines) is 1. The smallest absolute Gasteiger partial charge is 0.310 e. The summed E-state index contributed by atoms with van der Waals surface area (Å²) in [5, 5.41) is 0.693. The summed E-state index contributed by atoms with van der Waals surface area (Å²) in [6, 6.07) is 7.57. The summed E-state index contributed by atoms with van der Waals surface area (Å²) in [5.74, 6) is -0.294. The third-order valence-electron chi connectivity index (χ3n) is 3.96. The normalized spacial score (nSPS) is 18.1. The Morgan fingerprint density at radius 2 is 2.14 bits per heavy atom. The van der Waals surface area contributed by atoms with E-state index in [1.807, 2.05) is 24.3 Å². The lowest BCUT2D eigenvalue weighted by molar-refractivity contribution is -0.151. The highest BCUT2D eigenvalue weighted by Gasteiger charge is 2.29. The number of piperidine rings is 1. The topological polar surface area (TPSA) is 46.6 Å². The molecule has 120 valence electrons. The standard InChI is InChI=1S/C17H22ClNO3/c1-2-22-17(21)14-7-5-11-19(12-14)16(20)10-9-13-6-3-4-8-15(13)18/h3-4,6,8,14H,2,5,7,9-12H2,1H3/t14-/m0/s1. The average molecular weight is 324 g/mol. The van der Waals surface area contributed by atoms with E-state index in [1.165, 1.54) is 0 Å². The summed E-state index contributed by atoms with van der Waals surface area (Å²) in [4.78, 5) is 25.9. The van der Waals surface area contributed by atoms with Gasteiger partial charge in [-0.25, -0.2) is 0 Å². The second-order valence-corrected chi connectivity index (χ2v) is 5.93. The van der Waals surface area contributed by atoms with E-state index >= 15 is 0 Å². The SMILES string of the molecule is CCOC(=O)[C@H]1CCCN(C(=O)CCc2ccccc2Cl)C1. The van der Waals surface area contributed by atoms with Crippen LogP contribution in [0.4, 0.5) is 0 Å². The van der Waals surface area contributed by atoms with E-state index in [2.05, 4.69) is 0 Å². The Hall–Kier alpha value is -1.55. The van der Waals surface area contributed by atoms with Gasteiger partial charge < -0.3 is 9.64 Å². The maximum absolute atomic E-state index is 12.3. The fourth-order valence-corrected chi connectivity index (χ4v) is 2.99. The van der Waals surface area contributed by atoms with Crippen molar-refractivity contribution < 1.29 is 14.3 Å². The lowest BCUT2D eigenvalue weighted by Crippen LogP contribution is -2.42. The van der Waals surface area contributed by atoms with Crippen LogP contribution in [-0.2, 0) is 20.7 Å². The number of aryl methyl sites for hydroxylation is 1. The molecule has 0 unspecified atom stereocenters. The first-order valence-corrected chi connectivity index (χ1v) is 8.17. The molecule has 1 heterocycles. The van der Waals surface area contributed by atoms with Crippen LogP contribution in [0.2, 0.25) is 5.02 Å². The summed E-state index contributed by atoms with van der Waals surface area (Å²) < 4.78 is 5.06. The van der Waals surface area contributed by atoms with E-state index in [9.17, 15) is 9.59 Å². The molecule has 1 aromatic rings. The highest BCUT2D eigenvalue weighted by atomic mass is 35.5. The number of benzene rings is 1. The molecule has 1 atom stereocenters. The zero-order valence-corrected chi connectivity index (χ0v) is 13.6. The predicted octanol–water partition coefficient (Wildman–Crippen LogP) is 3.07. The first-order chi connectivity index (χ1) is 10.6. The fourth-order valence-electron chi connectivity index (χ4n) is 2.76. The first-order valence-electron chi connectivity index (χ1n) is 7.79. The van der Waals surface area contributed by atoms with Gasteiger partial charge in [-0.3, -0.25) is 9.59 Å². The molecule has 0 aromatic heterocycles. The van der Waals surface area contributed by atoms with Crippen LogP contribution in [-0.4, -0.2) is 36.5 Å². The monoisotopic (exact) mass is 323 g/mol. The van der Waals surface area contributed by atoms with E-state index in [-0.39, 0.29) is 17.8 Å². The third kappa shape index (κ3) is 4.47. The van der Waals surface area contributed by atoms with Crippen LogP contribution in [0, 0.1) is 5.92 Å². The van der Waals surface area contributed by atoms with Crippen molar-refractivity contribution in [2.75, 3.05) is 19.7 Å². The van der Waals surface area contributed by atoms with E-state index in [1.54, 1.807) is 11.8 Å². The number of amides is 1. The Morgan fingerprint density at radius 3 is 2.86 bits per heavy atom. The van der Waals surface area contributed by atoms with Crippen molar-refractivity contribution in [1.29, 1.82) is 0 Å². The minimum absolute atomic E-state index is 0.0777. The van der Waals surface area contributed by atoms with Crippen LogP contribution in [0.25, 0.3) is 0 Å². The molecule has 1 aliphatic heterocycles. The van der Waals surface area contributed by atoms with Gasteiger partial charge in [0.2, 0.25) is 5.91 Å². The molecule has 1 aromatic carbocycles. The van der Waals surface area contributed by atoms with E-state index in [0.29, 0.717) is 31.0 Å². The zero-order chi connectivity index (χ0) is 15.9. The van der Waals surface area contributed by atoms with Crippen LogP contribution < -0.4 is 0 Å². The molecule has 0 saturated carbocycles. The molecule has 0 N–H and O–H groups in total. The lowest BCUT2D eigenvalue weighted by atomic mass is 9.97. The number of esters is 1. The van der Waals surface area contributed by atoms with Gasteiger partial charge in [0, 0.05) is 24.5 Å². The van der Waals surface area contributed by atoms with Crippen molar-refractivity contribution in [2.24, 2.45) is 5.92 Å². The van der Waals surface area contributed by atoms with Crippen molar-refractivity contribution in [3.05, 3.63) is 34.9 Å². The molecular weight excluding hydrogens is 302 g/mol. The van der Waals surface area contributed by atoms with Crippen LogP contribution in [0.1, 0.15) is 31.7 Å². The molecule has 22 heavy (non-hydrogen) atoms. The van der Waals surface area contributed by atoms with Crippen molar-refractivity contribution in [1.82, 2.24) is 4.90 Å². The van der Waals surface area contributed by atoms with Crippen molar-refractivity contribution in [2.45, 2.75) is 32.6 Å². The molecule has 2 rings (SSSR count). The molecule has 0 radical (unpaired) electrons. The van der Waals surface area contributed by atoms with E-state index < -0.39 is 0 Å². The van der Waals surface area contributed by atoms with Gasteiger partial charge in [-0.15, -0.1) is 0 Å². The Bertz CT molecular complexity index is 532. The molecule has 4 nitrogen and oxygen atoms in total. The van der Waals surface area contributed by atoms with Crippen LogP contribution in [0.15, 0.2) is 24.3 Å². The van der Waals surface area contributed by atoms with Crippen LogP contribution in [0.3, 0.4) is 0 Å². The molecule has 1 amide bonds. The second-order valence-electron chi connectivity index (χ2n) is 5.52. The number of carbonyl (C=O) groups excluding carboxylic acids is 2. The van der Waals surface area contributed by atoms with Crippen LogP contribution >= 0.6 is 11.6 Å². The Balaban J connectivity index is 1.87. The Labute approximate surface area is 136 Å². The molecule has 5 heteroatoms. The van der Waals surface area contributed by atoms with Crippen molar-refractivity contribution >= 4 is 23.5 Å². The largest absolute Gasteiger partial charge is 0.466 e. The molecule has 0 aliphatic carbocycles. The summed E-state index contributed by atoms with van der Waals surface area (Å²) in [5.41, 5.74) is 0.983. The van der Waals surface area contributed by atoms with Gasteiger partial charge >= 0.3 is 5.97 Å². The number of hydrogen-bond acceptors (Lipinski definition) is 3. The lowest BCUT2D eigenvalue weighted by Gasteiger charge is -2.31. The quantitative estimate of drug-likeness (QED) is 0.782. The average Bonchev–Trinajstić information content (AvgIpc) is 2.54. The highest BCUT2D eigenvalue weighted by molar-refractivity contribution is 6.31. The Kier molecular flexibility index (Phi) is 6.25. The van der Waals surface area contributed by atoms with Gasteiger partial charge in [-0.05, 0) is 37.8 Å². The number of nitrogens with zero attached hydrogens (tertiary/aromatic N) is 1. The molecular formula is C17H22ClNO3. The maximum atomic E-state index is 12.3. The number of hydrogen-bond donors (Lipinski definition) is 0. The van der Waals surface area contributed by atoms with Gasteiger partial charge in [-0.1, -0.05) is 29.8 Å². The number of rotatable bonds is 5. The number of ether oxygens (including phenoxy) is 1. The zero-order valence-electron chi connectivity index (χ0n) is 12.9. The summed E-state index contributed by atoms with van der Waals surface area (Å²) in [6.07, 6.45) is 2.69. The number of halogens is 1. The van der Waals surface area contributed by atoms with Gasteiger partial charge in [0.15, 0.2) is 0 Å². The molecule has 1 fully saturated rings. The second kappa shape index (κ2) is 8.18. The van der Waals surface area contributed by atoms with E-state index in [0.717, 1.165) is 24.9 Å². The maximum Gasteiger partial charge on any atom is 0.310 e. The van der Waals surface area contributed by atoms with Gasteiger partial charge in [0.25, 0.3) is 0 Å². The summed E-state index contributed by atoms with van der Waals surface area (Å²) in [7, 11) is 0. The molecule has 0 spiro atoms. The van der Waals surface area contributed by atoms with E-state index in [4.69, 9.17) is 16.3 Å². The first kappa shape index (κ1) is 16.8. The summed E-state index contributed by atoms with van der Waals surface area (Å²) in [6.45, 7) is 3.38. The van der Waals surface area contributed by atoms with Gasteiger partial charge in [0.05, 0.1) is 12.5 Å². The summed E-state index contributed by atoms with van der Waals surface area (Å²) >= 11 is 6.11. The molecule has 0 bridgehead atoms. The third-order valence-corrected chi connectivity index (χ3v) is 4.33. The minimum Gasteiger partial charge on any atom is -0.466 e. The fraction of sp³-hybridized carbons (Fsp3) is 0.529. The van der Waals surface area contributed by atoms with Crippen LogP contribution in [0.5, 0.6) is 0 Å². The van der Waals surface area contributed by atoms with Crippen molar-refractivity contribution in [3.8, 4) is 0 Å². The van der Waals surface area contributed by atoms with Gasteiger partial charge in [0.1, 0.15) is 0 Å².